The maximum Gasteiger partial charge on any atom is 0.416 e. The molecule has 0 aromatic rings. The normalized spacial score (nSPS) is 15.7. The molecule has 0 amide bonds. The smallest absolute Gasteiger partial charge is 0.324 e. The summed E-state index contributed by atoms with van der Waals surface area (Å²) in [5, 5.41) is 0. The molecule has 0 spiro atoms. The summed E-state index contributed by atoms with van der Waals surface area (Å²) in [6.07, 6.45) is 15.1. The summed E-state index contributed by atoms with van der Waals surface area (Å²) in [6, 6.07) is 0. The van der Waals surface area contributed by atoms with Crippen LogP contribution in [0, 0.1) is 5.92 Å². The highest BCUT2D eigenvalue weighted by atomic mass is 19.4. The quantitative estimate of drug-likeness (QED) is 0.194. The summed E-state index contributed by atoms with van der Waals surface area (Å²) >= 11 is 0. The van der Waals surface area contributed by atoms with Crippen molar-refractivity contribution in [2.75, 3.05) is 6.54 Å². The maximum atomic E-state index is 13.9. The fourth-order valence-corrected chi connectivity index (χ4v) is 3.74. The SMILES string of the molecule is C/C=C\C.C=C(C)\C=C/C(=C(CCC)/C(=C/C=C(/C)CCC)C(/C)=C\CC)C(F)(F)F.NCC(=O)C1CCC1. The van der Waals surface area contributed by atoms with Crippen LogP contribution in [0.3, 0.4) is 0 Å². The molecule has 0 aromatic heterocycles. The van der Waals surface area contributed by atoms with Crippen LogP contribution in [0.25, 0.3) is 0 Å². The first-order valence-electron chi connectivity index (χ1n) is 14.3. The molecule has 2 N–H and O–H groups in total. The number of hydrogen-bond acceptors (Lipinski definition) is 2. The Morgan fingerprint density at radius 1 is 0.949 bits per heavy atom. The van der Waals surface area contributed by atoms with Gasteiger partial charge >= 0.3 is 6.18 Å². The van der Waals surface area contributed by atoms with Crippen LogP contribution in [0.5, 0.6) is 0 Å². The first-order valence-corrected chi connectivity index (χ1v) is 14.3. The molecular formula is C34H54F3NO. The third kappa shape index (κ3) is 17.7. The Kier molecular flexibility index (Phi) is 22.3. The van der Waals surface area contributed by atoms with Crippen LogP contribution in [-0.2, 0) is 4.79 Å². The van der Waals surface area contributed by atoms with E-state index in [0.29, 0.717) is 35.5 Å². The van der Waals surface area contributed by atoms with Crippen molar-refractivity contribution in [2.45, 2.75) is 113 Å². The van der Waals surface area contributed by atoms with Crippen LogP contribution in [0.1, 0.15) is 107 Å². The van der Waals surface area contributed by atoms with E-state index in [1.54, 1.807) is 6.92 Å². The van der Waals surface area contributed by atoms with Crippen molar-refractivity contribution in [3.63, 3.8) is 0 Å². The summed E-state index contributed by atoms with van der Waals surface area (Å²) in [5.74, 6) is 0.580. The van der Waals surface area contributed by atoms with Gasteiger partial charge in [0.2, 0.25) is 0 Å². The van der Waals surface area contributed by atoms with Gasteiger partial charge in [0.15, 0.2) is 0 Å². The van der Waals surface area contributed by atoms with E-state index in [1.165, 1.54) is 24.1 Å². The van der Waals surface area contributed by atoms with Crippen LogP contribution < -0.4 is 5.73 Å². The molecular weight excluding hydrogens is 495 g/mol. The lowest BCUT2D eigenvalue weighted by atomic mass is 9.82. The molecule has 39 heavy (non-hydrogen) atoms. The minimum absolute atomic E-state index is 0.241. The minimum atomic E-state index is -4.41. The summed E-state index contributed by atoms with van der Waals surface area (Å²) < 4.78 is 41.6. The first kappa shape index (κ1) is 38.7. The molecule has 1 aliphatic carbocycles. The largest absolute Gasteiger partial charge is 0.416 e. The Balaban J connectivity index is 0. The molecule has 0 bridgehead atoms. The molecule has 1 fully saturated rings. The molecule has 5 heteroatoms. The van der Waals surface area contributed by atoms with Gasteiger partial charge in [-0.3, -0.25) is 4.79 Å². The highest BCUT2D eigenvalue weighted by molar-refractivity contribution is 5.83. The number of nitrogens with two attached hydrogens (primary N) is 1. The third-order valence-electron chi connectivity index (χ3n) is 6.20. The van der Waals surface area contributed by atoms with E-state index in [0.717, 1.165) is 37.7 Å². The van der Waals surface area contributed by atoms with Crippen molar-refractivity contribution in [2.24, 2.45) is 11.7 Å². The second-order valence-corrected chi connectivity index (χ2v) is 9.92. The number of carbonyl (C=O) groups excluding carboxylic acids is 1. The number of Topliss-reactive ketones (excluding diaryl/α,β-unsaturated/α-hetero) is 1. The summed E-state index contributed by atoms with van der Waals surface area (Å²) in [6.45, 7) is 19.5. The van der Waals surface area contributed by atoms with Gasteiger partial charge in [0.1, 0.15) is 5.78 Å². The van der Waals surface area contributed by atoms with Crippen molar-refractivity contribution in [1.29, 1.82) is 0 Å². The summed E-state index contributed by atoms with van der Waals surface area (Å²) in [4.78, 5) is 10.7. The Morgan fingerprint density at radius 3 is 1.85 bits per heavy atom. The van der Waals surface area contributed by atoms with Crippen LogP contribution in [-0.4, -0.2) is 18.5 Å². The predicted molar refractivity (Wildman–Crippen MR) is 165 cm³/mol. The van der Waals surface area contributed by atoms with Crippen molar-refractivity contribution < 1.29 is 18.0 Å². The van der Waals surface area contributed by atoms with Gasteiger partial charge in [-0.1, -0.05) is 94.2 Å². The molecule has 0 saturated heterocycles. The molecule has 0 heterocycles. The average molecular weight is 550 g/mol. The highest BCUT2D eigenvalue weighted by Crippen LogP contribution is 2.37. The van der Waals surface area contributed by atoms with Crippen molar-refractivity contribution in [3.8, 4) is 0 Å². The van der Waals surface area contributed by atoms with Crippen molar-refractivity contribution in [3.05, 3.63) is 82.5 Å². The Hall–Kier alpha value is -2.40. The number of ketones is 1. The average Bonchev–Trinajstić information content (AvgIpc) is 2.83. The van der Waals surface area contributed by atoms with E-state index in [2.05, 4.69) is 13.5 Å². The molecule has 0 radical (unpaired) electrons. The Labute approximate surface area is 237 Å². The molecule has 0 atom stereocenters. The van der Waals surface area contributed by atoms with E-state index in [4.69, 9.17) is 5.73 Å². The topological polar surface area (TPSA) is 43.1 Å². The van der Waals surface area contributed by atoms with Gasteiger partial charge in [0, 0.05) is 5.92 Å². The standard InChI is InChI=1S/C24H35F3.C6H11NO.C4H8/c1-8-11-19(6)15-16-21(20(7)12-9-2)22(13-10-3)23(24(25,26)27)17-14-18(4)5;7-4-6(8)5-2-1-3-5;1-3-4-2/h12,14-17H,4,8-11,13H2,1-3,5-7H3;5H,1-4,7H2;3-4H,1-2H3/b17-14-,19-15-,20-12-,21-16+,23-22-;;4-3-. The van der Waals surface area contributed by atoms with Crippen molar-refractivity contribution >= 4 is 5.78 Å². The number of allylic oxidation sites excluding steroid dienone is 13. The fraction of sp³-hybridized carbons (Fsp3) is 0.559. The molecule has 0 aromatic carbocycles. The fourth-order valence-electron chi connectivity index (χ4n) is 3.74. The molecule has 0 unspecified atom stereocenters. The lowest BCUT2D eigenvalue weighted by Crippen LogP contribution is -2.27. The molecule has 1 aliphatic rings. The zero-order valence-electron chi connectivity index (χ0n) is 25.8. The number of carbonyl (C=O) groups is 1. The molecule has 1 saturated carbocycles. The van der Waals surface area contributed by atoms with Gasteiger partial charge < -0.3 is 5.73 Å². The molecule has 222 valence electrons. The van der Waals surface area contributed by atoms with E-state index in [1.807, 2.05) is 71.9 Å². The summed E-state index contributed by atoms with van der Waals surface area (Å²) in [7, 11) is 0. The number of hydrogen-bond donors (Lipinski definition) is 1. The van der Waals surface area contributed by atoms with E-state index >= 15 is 0 Å². The first-order chi connectivity index (χ1) is 18.3. The summed E-state index contributed by atoms with van der Waals surface area (Å²) in [5.41, 5.74) is 8.22. The Bertz CT molecular complexity index is 903. The van der Waals surface area contributed by atoms with Gasteiger partial charge in [-0.15, -0.1) is 0 Å². The van der Waals surface area contributed by atoms with Gasteiger partial charge in [-0.2, -0.15) is 13.2 Å². The Morgan fingerprint density at radius 2 is 1.51 bits per heavy atom. The van der Waals surface area contributed by atoms with Crippen molar-refractivity contribution in [1.82, 2.24) is 0 Å². The van der Waals surface area contributed by atoms with Crippen LogP contribution in [0.15, 0.2) is 82.5 Å². The van der Waals surface area contributed by atoms with E-state index in [9.17, 15) is 18.0 Å². The second-order valence-electron chi connectivity index (χ2n) is 9.92. The minimum Gasteiger partial charge on any atom is -0.324 e. The highest BCUT2D eigenvalue weighted by Gasteiger charge is 2.35. The zero-order valence-corrected chi connectivity index (χ0v) is 25.8. The van der Waals surface area contributed by atoms with Gasteiger partial charge in [0.25, 0.3) is 0 Å². The number of halogens is 3. The number of alkyl halides is 3. The lowest BCUT2D eigenvalue weighted by molar-refractivity contribution is -0.123. The van der Waals surface area contributed by atoms with Gasteiger partial charge in [-0.05, 0) is 89.5 Å². The second kappa shape index (κ2) is 22.4. The number of rotatable bonds is 12. The molecule has 2 nitrogen and oxygen atoms in total. The third-order valence-corrected chi connectivity index (χ3v) is 6.20. The van der Waals surface area contributed by atoms with Gasteiger partial charge in [0.05, 0.1) is 12.1 Å². The monoisotopic (exact) mass is 549 g/mol. The molecule has 1 rings (SSSR count). The maximum absolute atomic E-state index is 13.9. The lowest BCUT2D eigenvalue weighted by Gasteiger charge is -2.22. The van der Waals surface area contributed by atoms with E-state index in [-0.39, 0.29) is 12.3 Å². The zero-order chi connectivity index (χ0) is 30.4. The van der Waals surface area contributed by atoms with Crippen LogP contribution in [0.2, 0.25) is 0 Å². The van der Waals surface area contributed by atoms with E-state index < -0.39 is 11.7 Å². The molecule has 0 aliphatic heterocycles. The van der Waals surface area contributed by atoms with Crippen LogP contribution in [0.4, 0.5) is 13.2 Å². The predicted octanol–water partition coefficient (Wildman–Crippen LogP) is 10.7. The van der Waals surface area contributed by atoms with Crippen LogP contribution >= 0.6 is 0 Å². The van der Waals surface area contributed by atoms with Gasteiger partial charge in [-0.25, -0.2) is 0 Å².